The molecule has 2 N–H and O–H groups in total. The molecule has 4 aromatic carbocycles. The van der Waals surface area contributed by atoms with Gasteiger partial charge in [-0.3, -0.25) is 0 Å². The molecule has 2 heterocycles. The van der Waals surface area contributed by atoms with Crippen LogP contribution in [0.4, 0.5) is 0 Å². The second-order valence-electron chi connectivity index (χ2n) is 11.1. The fourth-order valence-electron chi connectivity index (χ4n) is 5.87. The quantitative estimate of drug-likeness (QED) is 0.147. The Kier molecular flexibility index (Phi) is 10.1. The lowest BCUT2D eigenvalue weighted by Crippen LogP contribution is -2.31. The zero-order valence-electron chi connectivity index (χ0n) is 25.8. The number of rotatable bonds is 15. The predicted molar refractivity (Wildman–Crippen MR) is 183 cm³/mol. The lowest BCUT2D eigenvalue weighted by molar-refractivity contribution is 0.0697. The number of nitrogens with zero attached hydrogens (tertiary/aromatic N) is 5. The van der Waals surface area contributed by atoms with Crippen molar-refractivity contribution < 1.29 is 23.1 Å². The maximum Gasteiger partial charge on any atom is 0.335 e. The molecule has 0 saturated heterocycles. The van der Waals surface area contributed by atoms with Gasteiger partial charge in [0.1, 0.15) is 12.1 Å². The third kappa shape index (κ3) is 7.73. The highest BCUT2D eigenvalue weighted by Gasteiger charge is 2.26. The van der Waals surface area contributed by atoms with Crippen LogP contribution in [0.3, 0.4) is 0 Å². The first-order chi connectivity index (χ1) is 23.3. The maximum atomic E-state index is 13.0. The molecule has 0 aliphatic heterocycles. The minimum atomic E-state index is -3.64. The van der Waals surface area contributed by atoms with Gasteiger partial charge in [-0.25, -0.2) is 22.6 Å². The summed E-state index contributed by atoms with van der Waals surface area (Å²) >= 11 is 6.58. The van der Waals surface area contributed by atoms with Crippen LogP contribution in [-0.2, 0) is 29.4 Å². The highest BCUT2D eigenvalue weighted by atomic mass is 35.5. The van der Waals surface area contributed by atoms with Gasteiger partial charge in [0, 0.05) is 41.0 Å². The molecule has 6 rings (SSSR count). The zero-order valence-corrected chi connectivity index (χ0v) is 27.4. The number of hydrogen-bond donors (Lipinski definition) is 2. The van der Waals surface area contributed by atoms with Crippen molar-refractivity contribution in [3.8, 4) is 5.75 Å². The Morgan fingerprint density at radius 1 is 0.917 bits per heavy atom. The maximum absolute atomic E-state index is 13.0. The van der Waals surface area contributed by atoms with Crippen molar-refractivity contribution in [2.45, 2.75) is 25.4 Å². The van der Waals surface area contributed by atoms with Gasteiger partial charge in [0.25, 0.3) is 0 Å². The molecule has 0 spiro atoms. The number of carboxylic acid groups (broad SMARTS) is 1. The Bertz CT molecular complexity index is 2050. The first-order valence-corrected chi connectivity index (χ1v) is 17.4. The van der Waals surface area contributed by atoms with Crippen LogP contribution in [0.2, 0.25) is 5.02 Å². The van der Waals surface area contributed by atoms with Gasteiger partial charge in [-0.05, 0) is 69.6 Å². The number of hydrogen-bond acceptors (Lipinski definition) is 7. The predicted octanol–water partition coefficient (Wildman–Crippen LogP) is 5.40. The van der Waals surface area contributed by atoms with E-state index in [4.69, 9.17) is 16.3 Å². The fraction of sp³-hybridized carbons (Fsp3) is 0.200. The molecule has 13 heteroatoms. The Hall–Kier alpha value is -5.04. The highest BCUT2D eigenvalue weighted by molar-refractivity contribution is 7.89. The van der Waals surface area contributed by atoms with Crippen LogP contribution in [0.5, 0.6) is 5.75 Å². The molecule has 0 radical (unpaired) electrons. The van der Waals surface area contributed by atoms with Crippen LogP contribution in [0, 0.1) is 0 Å². The zero-order chi connectivity index (χ0) is 33.5. The van der Waals surface area contributed by atoms with E-state index in [0.29, 0.717) is 30.2 Å². The second kappa shape index (κ2) is 14.8. The molecule has 246 valence electrons. The SMILES string of the molecule is O=C(O)c1ccc(OCCc2c(CCNS(=O)(=O)CCn3cnnn3)n(C(c3ccccc3)c3ccccc3)c3ccc(Cl)cc23)cc1. The summed E-state index contributed by atoms with van der Waals surface area (Å²) in [6, 6.07) is 32.2. The highest BCUT2D eigenvalue weighted by Crippen LogP contribution is 2.37. The number of aromatic nitrogens is 5. The van der Waals surface area contributed by atoms with Crippen molar-refractivity contribution in [3.05, 3.63) is 142 Å². The molecule has 0 amide bonds. The van der Waals surface area contributed by atoms with Crippen molar-refractivity contribution in [1.29, 1.82) is 0 Å². The average molecular weight is 685 g/mol. The summed E-state index contributed by atoms with van der Waals surface area (Å²) in [4.78, 5) is 11.3. The number of carbonyl (C=O) groups is 1. The molecule has 0 fully saturated rings. The molecule has 0 aliphatic rings. The first-order valence-electron chi connectivity index (χ1n) is 15.3. The number of tetrazole rings is 1. The summed E-state index contributed by atoms with van der Waals surface area (Å²) < 4.78 is 38.5. The standard InChI is InChI=1S/C35H33ClN6O5S/c36-28-13-16-32-31(23-28)30(18-21-47-29-14-11-27(12-15-29)35(43)44)33(17-19-38-48(45,46)22-20-41-24-37-39-40-41)42(32)34(25-7-3-1-4-8-25)26-9-5-2-6-10-26/h1-16,23-24,34,38H,17-22H2,(H,43,44). The van der Waals surface area contributed by atoms with Gasteiger partial charge >= 0.3 is 5.97 Å². The minimum Gasteiger partial charge on any atom is -0.493 e. The van der Waals surface area contributed by atoms with Gasteiger partial charge < -0.3 is 14.4 Å². The summed E-state index contributed by atoms with van der Waals surface area (Å²) in [5.74, 6) is -0.632. The number of aromatic carboxylic acids is 1. The van der Waals surface area contributed by atoms with Gasteiger partial charge in [0.2, 0.25) is 10.0 Å². The Balaban J connectivity index is 1.38. The van der Waals surface area contributed by atoms with Crippen molar-refractivity contribution in [2.24, 2.45) is 0 Å². The number of ether oxygens (including phenoxy) is 1. The fourth-order valence-corrected chi connectivity index (χ4v) is 7.03. The summed E-state index contributed by atoms with van der Waals surface area (Å²) in [6.07, 6.45) is 2.25. The van der Waals surface area contributed by atoms with Gasteiger partial charge in [-0.2, -0.15) is 0 Å². The first kappa shape index (κ1) is 32.9. The van der Waals surface area contributed by atoms with Crippen LogP contribution >= 0.6 is 11.6 Å². The Labute approximate surface area is 282 Å². The minimum absolute atomic E-state index is 0.126. The smallest absolute Gasteiger partial charge is 0.335 e. The molecule has 0 saturated carbocycles. The van der Waals surface area contributed by atoms with Gasteiger partial charge in [0.05, 0.1) is 30.5 Å². The summed E-state index contributed by atoms with van der Waals surface area (Å²) in [7, 11) is -3.64. The Morgan fingerprint density at radius 2 is 1.60 bits per heavy atom. The average Bonchev–Trinajstić information content (AvgIpc) is 3.72. The number of aryl methyl sites for hydroxylation is 1. The molecular formula is C35H33ClN6O5S. The largest absolute Gasteiger partial charge is 0.493 e. The van der Waals surface area contributed by atoms with E-state index < -0.39 is 16.0 Å². The van der Waals surface area contributed by atoms with Gasteiger partial charge in [0.15, 0.2) is 0 Å². The van der Waals surface area contributed by atoms with Crippen molar-refractivity contribution in [2.75, 3.05) is 18.9 Å². The molecule has 0 unspecified atom stereocenters. The number of carboxylic acids is 1. The lowest BCUT2D eigenvalue weighted by atomic mass is 9.97. The van der Waals surface area contributed by atoms with E-state index in [9.17, 15) is 18.3 Å². The van der Waals surface area contributed by atoms with E-state index in [1.54, 1.807) is 12.1 Å². The summed E-state index contributed by atoms with van der Waals surface area (Å²) in [5, 5.41) is 21.7. The molecule has 0 aliphatic carbocycles. The monoisotopic (exact) mass is 684 g/mol. The number of benzene rings is 4. The summed E-state index contributed by atoms with van der Waals surface area (Å²) in [6.45, 7) is 0.577. The topological polar surface area (TPSA) is 141 Å². The third-order valence-corrected chi connectivity index (χ3v) is 9.66. The van der Waals surface area contributed by atoms with Crippen LogP contribution < -0.4 is 9.46 Å². The van der Waals surface area contributed by atoms with E-state index in [2.05, 4.69) is 49.1 Å². The third-order valence-electron chi connectivity index (χ3n) is 8.06. The van der Waals surface area contributed by atoms with E-state index in [1.165, 1.54) is 23.1 Å². The normalized spacial score (nSPS) is 11.7. The Morgan fingerprint density at radius 3 is 2.23 bits per heavy atom. The molecule has 0 atom stereocenters. The van der Waals surface area contributed by atoms with Gasteiger partial charge in [-0.1, -0.05) is 72.3 Å². The molecule has 48 heavy (non-hydrogen) atoms. The van der Waals surface area contributed by atoms with E-state index >= 15 is 0 Å². The number of halogens is 1. The van der Waals surface area contributed by atoms with Crippen molar-refractivity contribution >= 4 is 38.5 Å². The molecular weight excluding hydrogens is 652 g/mol. The lowest BCUT2D eigenvalue weighted by Gasteiger charge is -2.25. The number of fused-ring (bicyclic) bond motifs is 1. The molecule has 2 aromatic heterocycles. The van der Waals surface area contributed by atoms with Crippen LogP contribution in [0.1, 0.15) is 38.8 Å². The van der Waals surface area contributed by atoms with Gasteiger partial charge in [-0.15, -0.1) is 5.10 Å². The molecule has 0 bridgehead atoms. The summed E-state index contributed by atoms with van der Waals surface area (Å²) in [5.41, 5.74) is 5.20. The van der Waals surface area contributed by atoms with E-state index in [-0.39, 0.29) is 30.4 Å². The van der Waals surface area contributed by atoms with Crippen molar-refractivity contribution in [3.63, 3.8) is 0 Å². The molecule has 6 aromatic rings. The number of nitrogens with one attached hydrogen (secondary N) is 1. The van der Waals surface area contributed by atoms with Crippen LogP contribution in [0.25, 0.3) is 10.9 Å². The number of sulfonamides is 1. The second-order valence-corrected chi connectivity index (χ2v) is 13.5. The van der Waals surface area contributed by atoms with Crippen LogP contribution in [-0.4, -0.2) is 63.2 Å². The van der Waals surface area contributed by atoms with Crippen LogP contribution in [0.15, 0.2) is 109 Å². The van der Waals surface area contributed by atoms with E-state index in [0.717, 1.165) is 33.3 Å². The van der Waals surface area contributed by atoms with Crippen molar-refractivity contribution in [1.82, 2.24) is 29.5 Å². The molecule has 11 nitrogen and oxygen atoms in total. The van der Waals surface area contributed by atoms with E-state index in [1.807, 2.05) is 54.6 Å².